The number of benzene rings is 1. The Morgan fingerprint density at radius 1 is 1.38 bits per heavy atom. The summed E-state index contributed by atoms with van der Waals surface area (Å²) in [5.41, 5.74) is 1.21. The molecule has 0 heterocycles. The topological polar surface area (TPSA) is 9.23 Å². The van der Waals surface area contributed by atoms with Gasteiger partial charge in [-0.05, 0) is 23.6 Å². The maximum absolute atomic E-state index is 5.95. The summed E-state index contributed by atoms with van der Waals surface area (Å²) in [5, 5.41) is 0.638. The Kier molecular flexibility index (Phi) is 3.63. The number of methoxy groups -OCH3 is 1. The van der Waals surface area contributed by atoms with Crippen molar-refractivity contribution < 1.29 is 4.74 Å². The molecule has 1 nitrogen and oxygen atoms in total. The molecule has 0 atom stereocenters. The van der Waals surface area contributed by atoms with Crippen molar-refractivity contribution >= 4 is 27.5 Å². The van der Waals surface area contributed by atoms with E-state index >= 15 is 0 Å². The van der Waals surface area contributed by atoms with E-state index in [1.807, 2.05) is 12.1 Å². The summed E-state index contributed by atoms with van der Waals surface area (Å²) in [6.45, 7) is 4.26. The molecule has 0 fully saturated rings. The summed E-state index contributed by atoms with van der Waals surface area (Å²) in [6.07, 6.45) is 0. The molecule has 0 aliphatic carbocycles. The van der Waals surface area contributed by atoms with Gasteiger partial charge in [0.1, 0.15) is 5.75 Å². The fraction of sp³-hybridized carbons (Fsp3) is 0.400. The Morgan fingerprint density at radius 2 is 2.00 bits per heavy atom. The van der Waals surface area contributed by atoms with Crippen molar-refractivity contribution in [3.05, 3.63) is 27.2 Å². The van der Waals surface area contributed by atoms with E-state index < -0.39 is 0 Å². The summed E-state index contributed by atoms with van der Waals surface area (Å²) >= 11 is 9.42. The molecule has 72 valence electrons. The van der Waals surface area contributed by atoms with Gasteiger partial charge in [-0.25, -0.2) is 0 Å². The molecule has 0 aliphatic rings. The molecule has 0 amide bonds. The van der Waals surface area contributed by atoms with Crippen LogP contribution in [-0.2, 0) is 0 Å². The van der Waals surface area contributed by atoms with E-state index in [-0.39, 0.29) is 0 Å². The van der Waals surface area contributed by atoms with Gasteiger partial charge < -0.3 is 4.74 Å². The lowest BCUT2D eigenvalue weighted by molar-refractivity contribution is 0.414. The first-order valence-corrected chi connectivity index (χ1v) is 5.26. The van der Waals surface area contributed by atoms with Crippen LogP contribution in [0.5, 0.6) is 5.75 Å². The summed E-state index contributed by atoms with van der Waals surface area (Å²) in [7, 11) is 1.62. The van der Waals surface area contributed by atoms with Crippen molar-refractivity contribution in [3.63, 3.8) is 0 Å². The van der Waals surface area contributed by atoms with Crippen molar-refractivity contribution in [1.29, 1.82) is 0 Å². The van der Waals surface area contributed by atoms with Crippen LogP contribution in [0.1, 0.15) is 25.3 Å². The van der Waals surface area contributed by atoms with Crippen LogP contribution in [0.4, 0.5) is 0 Å². The molecule has 3 heteroatoms. The molecule has 0 aromatic heterocycles. The van der Waals surface area contributed by atoms with E-state index in [4.69, 9.17) is 16.3 Å². The number of hydrogen-bond donors (Lipinski definition) is 0. The van der Waals surface area contributed by atoms with E-state index in [1.165, 1.54) is 5.56 Å². The molecule has 0 bridgehead atoms. The van der Waals surface area contributed by atoms with Gasteiger partial charge in [-0.3, -0.25) is 0 Å². The van der Waals surface area contributed by atoms with Gasteiger partial charge in [0, 0.05) is 4.47 Å². The summed E-state index contributed by atoms with van der Waals surface area (Å²) in [5.74, 6) is 1.19. The minimum absolute atomic E-state index is 0.459. The Morgan fingerprint density at radius 3 is 2.46 bits per heavy atom. The number of ether oxygens (including phenoxy) is 1. The van der Waals surface area contributed by atoms with E-state index in [9.17, 15) is 0 Å². The first-order valence-electron chi connectivity index (χ1n) is 4.09. The highest BCUT2D eigenvalue weighted by molar-refractivity contribution is 9.10. The van der Waals surface area contributed by atoms with Gasteiger partial charge in [-0.15, -0.1) is 0 Å². The molecule has 0 unspecified atom stereocenters. The monoisotopic (exact) mass is 262 g/mol. The van der Waals surface area contributed by atoms with Crippen molar-refractivity contribution in [1.82, 2.24) is 0 Å². The van der Waals surface area contributed by atoms with Crippen molar-refractivity contribution in [2.45, 2.75) is 19.8 Å². The van der Waals surface area contributed by atoms with Crippen LogP contribution in [0.2, 0.25) is 5.02 Å². The average Bonchev–Trinajstić information content (AvgIpc) is 2.03. The third-order valence-corrected chi connectivity index (χ3v) is 2.88. The van der Waals surface area contributed by atoms with Gasteiger partial charge in [0.15, 0.2) is 0 Å². The average molecular weight is 264 g/mol. The second kappa shape index (κ2) is 4.34. The third-order valence-electron chi connectivity index (χ3n) is 1.89. The van der Waals surface area contributed by atoms with Gasteiger partial charge in [0.25, 0.3) is 0 Å². The molecule has 1 aromatic rings. The van der Waals surface area contributed by atoms with Crippen LogP contribution in [0.15, 0.2) is 16.6 Å². The molecular weight excluding hydrogens is 251 g/mol. The zero-order valence-corrected chi connectivity index (χ0v) is 10.2. The highest BCUT2D eigenvalue weighted by Crippen LogP contribution is 2.34. The maximum Gasteiger partial charge on any atom is 0.137 e. The summed E-state index contributed by atoms with van der Waals surface area (Å²) < 4.78 is 6.17. The highest BCUT2D eigenvalue weighted by atomic mass is 79.9. The lowest BCUT2D eigenvalue weighted by Gasteiger charge is -2.11. The second-order valence-corrected chi connectivity index (χ2v) is 4.42. The zero-order chi connectivity index (χ0) is 10.0. The summed E-state index contributed by atoms with van der Waals surface area (Å²) in [6, 6.07) is 3.84. The van der Waals surface area contributed by atoms with Crippen molar-refractivity contribution in [3.8, 4) is 5.75 Å². The fourth-order valence-electron chi connectivity index (χ4n) is 1.14. The first kappa shape index (κ1) is 10.9. The van der Waals surface area contributed by atoms with Gasteiger partial charge in [-0.2, -0.15) is 0 Å². The fourth-order valence-corrected chi connectivity index (χ4v) is 2.32. The van der Waals surface area contributed by atoms with E-state index in [1.54, 1.807) is 7.11 Å². The molecule has 13 heavy (non-hydrogen) atoms. The first-order chi connectivity index (χ1) is 6.06. The predicted octanol–water partition coefficient (Wildman–Crippen LogP) is 4.23. The molecule has 0 aliphatic heterocycles. The lowest BCUT2D eigenvalue weighted by atomic mass is 10.0. The minimum atomic E-state index is 0.459. The van der Waals surface area contributed by atoms with Gasteiger partial charge in [-0.1, -0.05) is 41.4 Å². The van der Waals surface area contributed by atoms with Crippen LogP contribution in [0.3, 0.4) is 0 Å². The Bertz CT molecular complexity index is 310. The zero-order valence-electron chi connectivity index (χ0n) is 7.90. The smallest absolute Gasteiger partial charge is 0.137 e. The lowest BCUT2D eigenvalue weighted by Crippen LogP contribution is -1.92. The SMILES string of the molecule is COc1cc(C(C)C)c(Br)cc1Cl. The largest absolute Gasteiger partial charge is 0.495 e. The van der Waals surface area contributed by atoms with Crippen LogP contribution in [0.25, 0.3) is 0 Å². The number of rotatable bonds is 2. The highest BCUT2D eigenvalue weighted by Gasteiger charge is 2.09. The van der Waals surface area contributed by atoms with Crippen LogP contribution in [0, 0.1) is 0 Å². The predicted molar refractivity (Wildman–Crippen MR) is 59.8 cm³/mol. The number of halogens is 2. The standard InChI is InChI=1S/C10H12BrClO/c1-6(2)7-4-10(13-3)9(12)5-8(7)11/h4-6H,1-3H3. The van der Waals surface area contributed by atoms with Crippen molar-refractivity contribution in [2.75, 3.05) is 7.11 Å². The molecule has 1 aromatic carbocycles. The molecule has 0 radical (unpaired) electrons. The third kappa shape index (κ3) is 2.38. The van der Waals surface area contributed by atoms with Crippen molar-refractivity contribution in [2.24, 2.45) is 0 Å². The van der Waals surface area contributed by atoms with Gasteiger partial charge in [0.2, 0.25) is 0 Å². The number of hydrogen-bond acceptors (Lipinski definition) is 1. The maximum atomic E-state index is 5.95. The minimum Gasteiger partial charge on any atom is -0.495 e. The molecule has 0 saturated heterocycles. The Balaban J connectivity index is 3.22. The second-order valence-electron chi connectivity index (χ2n) is 3.16. The normalized spacial score (nSPS) is 10.6. The Labute approximate surface area is 92.2 Å². The van der Waals surface area contributed by atoms with Gasteiger partial charge >= 0.3 is 0 Å². The molecule has 1 rings (SSSR count). The molecule has 0 spiro atoms. The summed E-state index contributed by atoms with van der Waals surface area (Å²) in [4.78, 5) is 0. The van der Waals surface area contributed by atoms with E-state index in [0.29, 0.717) is 10.9 Å². The molecule has 0 N–H and O–H groups in total. The van der Waals surface area contributed by atoms with E-state index in [2.05, 4.69) is 29.8 Å². The Hall–Kier alpha value is -0.210. The van der Waals surface area contributed by atoms with E-state index in [0.717, 1.165) is 10.2 Å². The molecular formula is C10H12BrClO. The molecule has 0 saturated carbocycles. The van der Waals surface area contributed by atoms with Crippen LogP contribution < -0.4 is 4.74 Å². The quantitative estimate of drug-likeness (QED) is 0.776. The van der Waals surface area contributed by atoms with Crippen LogP contribution >= 0.6 is 27.5 Å². The van der Waals surface area contributed by atoms with Crippen LogP contribution in [-0.4, -0.2) is 7.11 Å². The van der Waals surface area contributed by atoms with Gasteiger partial charge in [0.05, 0.1) is 12.1 Å².